The Bertz CT molecular complexity index is 561. The molecule has 0 fully saturated rings. The van der Waals surface area contributed by atoms with Gasteiger partial charge in [0.1, 0.15) is 0 Å². The summed E-state index contributed by atoms with van der Waals surface area (Å²) in [5, 5.41) is 6.40. The predicted octanol–water partition coefficient (Wildman–Crippen LogP) is 2.10. The van der Waals surface area contributed by atoms with E-state index in [4.69, 9.17) is 14.2 Å². The van der Waals surface area contributed by atoms with Gasteiger partial charge in [-0.1, -0.05) is 6.07 Å². The molecular weight excluding hydrogens is 322 g/mol. The first kappa shape index (κ1) is 20.6. The largest absolute Gasteiger partial charge is 0.493 e. The summed E-state index contributed by atoms with van der Waals surface area (Å²) in [4.78, 5) is 15.9. The number of aliphatic imine (C=N–C) groups is 1. The Morgan fingerprint density at radius 2 is 1.88 bits per heavy atom. The van der Waals surface area contributed by atoms with Gasteiger partial charge in [-0.05, 0) is 38.0 Å². The first-order valence-electron chi connectivity index (χ1n) is 8.53. The third-order valence-electron chi connectivity index (χ3n) is 3.37. The van der Waals surface area contributed by atoms with Crippen molar-refractivity contribution in [2.45, 2.75) is 33.2 Å². The van der Waals surface area contributed by atoms with Crippen molar-refractivity contribution in [3.63, 3.8) is 0 Å². The topological polar surface area (TPSA) is 81.2 Å². The van der Waals surface area contributed by atoms with Crippen molar-refractivity contribution in [1.29, 1.82) is 0 Å². The molecule has 7 heteroatoms. The zero-order valence-corrected chi connectivity index (χ0v) is 15.6. The zero-order chi connectivity index (χ0) is 18.5. The number of guanidine groups is 1. The Labute approximate surface area is 149 Å². The summed E-state index contributed by atoms with van der Waals surface area (Å²) in [6, 6.07) is 5.73. The highest BCUT2D eigenvalue weighted by Crippen LogP contribution is 2.27. The minimum absolute atomic E-state index is 0.170. The molecule has 0 bridgehead atoms. The molecule has 0 saturated carbocycles. The van der Waals surface area contributed by atoms with Gasteiger partial charge in [0.15, 0.2) is 17.5 Å². The second-order valence-electron chi connectivity index (χ2n) is 5.22. The fourth-order valence-corrected chi connectivity index (χ4v) is 2.16. The summed E-state index contributed by atoms with van der Waals surface area (Å²) in [6.45, 7) is 6.15. The van der Waals surface area contributed by atoms with Gasteiger partial charge in [0.05, 0.1) is 27.4 Å². The SMILES string of the molecule is CCNC(=NCc1ccc(OC)c(OC)c1)NCCCC(=O)OCC. The van der Waals surface area contributed by atoms with E-state index >= 15 is 0 Å². The average molecular weight is 351 g/mol. The molecule has 1 rings (SSSR count). The highest BCUT2D eigenvalue weighted by atomic mass is 16.5. The van der Waals surface area contributed by atoms with E-state index < -0.39 is 0 Å². The summed E-state index contributed by atoms with van der Waals surface area (Å²) in [7, 11) is 3.22. The van der Waals surface area contributed by atoms with Crippen molar-refractivity contribution in [1.82, 2.24) is 10.6 Å². The third kappa shape index (κ3) is 7.78. The minimum atomic E-state index is -0.170. The Hall–Kier alpha value is -2.44. The Morgan fingerprint density at radius 1 is 1.12 bits per heavy atom. The molecule has 140 valence electrons. The van der Waals surface area contributed by atoms with Crippen molar-refractivity contribution < 1.29 is 19.0 Å². The number of esters is 1. The second kappa shape index (κ2) is 12.0. The second-order valence-corrected chi connectivity index (χ2v) is 5.22. The van der Waals surface area contributed by atoms with Gasteiger partial charge in [0.2, 0.25) is 0 Å². The van der Waals surface area contributed by atoms with E-state index in [9.17, 15) is 4.79 Å². The number of carbonyl (C=O) groups is 1. The van der Waals surface area contributed by atoms with E-state index in [1.165, 1.54) is 0 Å². The number of hydrogen-bond donors (Lipinski definition) is 2. The molecule has 0 unspecified atom stereocenters. The Morgan fingerprint density at radius 3 is 2.52 bits per heavy atom. The number of methoxy groups -OCH3 is 2. The monoisotopic (exact) mass is 351 g/mol. The molecule has 0 spiro atoms. The average Bonchev–Trinajstić information content (AvgIpc) is 2.63. The van der Waals surface area contributed by atoms with Crippen LogP contribution in [-0.2, 0) is 16.1 Å². The van der Waals surface area contributed by atoms with Gasteiger partial charge in [-0.25, -0.2) is 4.99 Å². The summed E-state index contributed by atoms with van der Waals surface area (Å²) in [5.74, 6) is 1.92. The summed E-state index contributed by atoms with van der Waals surface area (Å²) in [5.41, 5.74) is 1.02. The van der Waals surface area contributed by atoms with Crippen LogP contribution in [0.5, 0.6) is 11.5 Å². The van der Waals surface area contributed by atoms with Crippen molar-refractivity contribution in [3.05, 3.63) is 23.8 Å². The van der Waals surface area contributed by atoms with Crippen LogP contribution in [0.15, 0.2) is 23.2 Å². The molecule has 2 N–H and O–H groups in total. The van der Waals surface area contributed by atoms with Crippen LogP contribution < -0.4 is 20.1 Å². The number of hydrogen-bond acceptors (Lipinski definition) is 5. The first-order valence-corrected chi connectivity index (χ1v) is 8.53. The standard InChI is InChI=1S/C18H29N3O4/c1-5-19-18(20-11-7-8-17(22)25-6-2)21-13-14-9-10-15(23-3)16(12-14)24-4/h9-10,12H,5-8,11,13H2,1-4H3,(H2,19,20,21). The number of ether oxygens (including phenoxy) is 3. The van der Waals surface area contributed by atoms with Crippen molar-refractivity contribution in [2.75, 3.05) is 33.9 Å². The van der Waals surface area contributed by atoms with E-state index in [2.05, 4.69) is 15.6 Å². The van der Waals surface area contributed by atoms with Crippen LogP contribution in [0.3, 0.4) is 0 Å². The van der Waals surface area contributed by atoms with Gasteiger partial charge in [0.25, 0.3) is 0 Å². The van der Waals surface area contributed by atoms with Gasteiger partial charge < -0.3 is 24.8 Å². The highest BCUT2D eigenvalue weighted by molar-refractivity contribution is 5.79. The van der Waals surface area contributed by atoms with E-state index in [-0.39, 0.29) is 5.97 Å². The lowest BCUT2D eigenvalue weighted by Crippen LogP contribution is -2.37. The van der Waals surface area contributed by atoms with Crippen LogP contribution in [0.1, 0.15) is 32.3 Å². The lowest BCUT2D eigenvalue weighted by molar-refractivity contribution is -0.143. The molecule has 1 aromatic rings. The molecular formula is C18H29N3O4. The van der Waals surface area contributed by atoms with E-state index in [1.807, 2.05) is 25.1 Å². The quantitative estimate of drug-likeness (QED) is 0.291. The summed E-state index contributed by atoms with van der Waals surface area (Å²) in [6.07, 6.45) is 1.09. The molecule has 7 nitrogen and oxygen atoms in total. The van der Waals surface area contributed by atoms with E-state index in [0.717, 1.165) is 12.1 Å². The smallest absolute Gasteiger partial charge is 0.305 e. The van der Waals surface area contributed by atoms with Gasteiger partial charge >= 0.3 is 5.97 Å². The molecule has 1 aromatic carbocycles. The van der Waals surface area contributed by atoms with Gasteiger partial charge in [0, 0.05) is 19.5 Å². The number of rotatable bonds is 10. The van der Waals surface area contributed by atoms with Gasteiger partial charge in [-0.3, -0.25) is 4.79 Å². The van der Waals surface area contributed by atoms with Crippen LogP contribution in [0, 0.1) is 0 Å². The molecule has 0 aliphatic carbocycles. The Balaban J connectivity index is 2.56. The molecule has 0 atom stereocenters. The van der Waals surface area contributed by atoms with Gasteiger partial charge in [-0.2, -0.15) is 0 Å². The normalized spacial score (nSPS) is 11.0. The molecule has 0 heterocycles. The predicted molar refractivity (Wildman–Crippen MR) is 98.2 cm³/mol. The Kier molecular flexibility index (Phi) is 9.89. The molecule has 0 saturated heterocycles. The lowest BCUT2D eigenvalue weighted by atomic mass is 10.2. The van der Waals surface area contributed by atoms with Crippen molar-refractivity contribution in [3.8, 4) is 11.5 Å². The lowest BCUT2D eigenvalue weighted by Gasteiger charge is -2.12. The fraction of sp³-hybridized carbons (Fsp3) is 0.556. The fourth-order valence-electron chi connectivity index (χ4n) is 2.16. The third-order valence-corrected chi connectivity index (χ3v) is 3.37. The molecule has 25 heavy (non-hydrogen) atoms. The number of nitrogens with one attached hydrogen (secondary N) is 2. The van der Waals surface area contributed by atoms with E-state index in [0.29, 0.717) is 50.0 Å². The summed E-state index contributed by atoms with van der Waals surface area (Å²) >= 11 is 0. The maximum atomic E-state index is 11.3. The number of benzene rings is 1. The molecule has 0 aromatic heterocycles. The van der Waals surface area contributed by atoms with Crippen LogP contribution >= 0.6 is 0 Å². The van der Waals surface area contributed by atoms with Crippen LogP contribution in [0.25, 0.3) is 0 Å². The maximum absolute atomic E-state index is 11.3. The molecule has 0 aliphatic heterocycles. The van der Waals surface area contributed by atoms with Gasteiger partial charge in [-0.15, -0.1) is 0 Å². The van der Waals surface area contributed by atoms with Crippen molar-refractivity contribution in [2.24, 2.45) is 4.99 Å². The highest BCUT2D eigenvalue weighted by Gasteiger charge is 2.05. The molecule has 0 aliphatic rings. The number of nitrogens with zero attached hydrogens (tertiary/aromatic N) is 1. The van der Waals surface area contributed by atoms with Crippen LogP contribution in [0.2, 0.25) is 0 Å². The zero-order valence-electron chi connectivity index (χ0n) is 15.6. The summed E-state index contributed by atoms with van der Waals surface area (Å²) < 4.78 is 15.4. The first-order chi connectivity index (χ1) is 12.1. The van der Waals surface area contributed by atoms with E-state index in [1.54, 1.807) is 21.1 Å². The van der Waals surface area contributed by atoms with Crippen LogP contribution in [0.4, 0.5) is 0 Å². The number of carbonyl (C=O) groups excluding carboxylic acids is 1. The van der Waals surface area contributed by atoms with Crippen molar-refractivity contribution >= 4 is 11.9 Å². The minimum Gasteiger partial charge on any atom is -0.493 e. The molecule has 0 radical (unpaired) electrons. The molecule has 0 amide bonds. The maximum Gasteiger partial charge on any atom is 0.305 e. The van der Waals surface area contributed by atoms with Crippen LogP contribution in [-0.4, -0.2) is 45.8 Å².